The first-order valence-corrected chi connectivity index (χ1v) is 5.43. The number of ketones is 1. The number of nitrogens with zero attached hydrogens (tertiary/aromatic N) is 2. The Bertz CT molecular complexity index is 253. The molecule has 0 aliphatic carbocycles. The predicted molar refractivity (Wildman–Crippen MR) is 58.5 cm³/mol. The van der Waals surface area contributed by atoms with E-state index in [9.17, 15) is 9.59 Å². The van der Waals surface area contributed by atoms with E-state index in [1.54, 1.807) is 11.9 Å². The molecule has 1 fully saturated rings. The number of hydrogen-bond donors (Lipinski definition) is 0. The van der Waals surface area contributed by atoms with E-state index in [-0.39, 0.29) is 24.2 Å². The van der Waals surface area contributed by atoms with Crippen LogP contribution in [0.3, 0.4) is 0 Å². The molecule has 86 valence electrons. The summed E-state index contributed by atoms with van der Waals surface area (Å²) in [4.78, 5) is 26.5. The average Bonchev–Trinajstić information content (AvgIpc) is 2.15. The highest BCUT2D eigenvalue weighted by atomic mass is 16.2. The predicted octanol–water partition coefficient (Wildman–Crippen LogP) is 0.376. The molecule has 0 bridgehead atoms. The Morgan fingerprint density at radius 2 is 2.13 bits per heavy atom. The summed E-state index contributed by atoms with van der Waals surface area (Å²) in [6.07, 6.45) is 2.02. The first kappa shape index (κ1) is 12.2. The number of likely N-dealkylation sites (tertiary alicyclic amines) is 1. The maximum Gasteiger partial charge on any atom is 0.227 e. The van der Waals surface area contributed by atoms with Gasteiger partial charge in [-0.05, 0) is 33.4 Å². The van der Waals surface area contributed by atoms with E-state index >= 15 is 0 Å². The molecule has 1 aliphatic rings. The Morgan fingerprint density at radius 1 is 1.47 bits per heavy atom. The van der Waals surface area contributed by atoms with Crippen molar-refractivity contribution in [1.29, 1.82) is 0 Å². The van der Waals surface area contributed by atoms with Gasteiger partial charge in [0.15, 0.2) is 0 Å². The number of piperidine rings is 1. The van der Waals surface area contributed by atoms with E-state index in [1.807, 2.05) is 7.05 Å². The fraction of sp³-hybridized carbons (Fsp3) is 0.818. The van der Waals surface area contributed by atoms with Gasteiger partial charge < -0.3 is 9.80 Å². The smallest absolute Gasteiger partial charge is 0.227 e. The second-order valence-corrected chi connectivity index (χ2v) is 4.50. The molecule has 1 saturated heterocycles. The van der Waals surface area contributed by atoms with Gasteiger partial charge in [0.25, 0.3) is 0 Å². The van der Waals surface area contributed by atoms with Crippen LogP contribution in [0, 0.1) is 5.92 Å². The molecule has 4 nitrogen and oxygen atoms in total. The van der Waals surface area contributed by atoms with E-state index < -0.39 is 0 Å². The van der Waals surface area contributed by atoms with Crippen molar-refractivity contribution >= 4 is 11.7 Å². The average molecular weight is 212 g/mol. The van der Waals surface area contributed by atoms with Crippen LogP contribution in [-0.4, -0.2) is 55.2 Å². The number of rotatable bonds is 3. The number of likely N-dealkylation sites (N-methyl/N-ethyl adjacent to an activating group) is 1. The van der Waals surface area contributed by atoms with Crippen molar-refractivity contribution < 1.29 is 9.59 Å². The zero-order chi connectivity index (χ0) is 11.4. The third-order valence-electron chi connectivity index (χ3n) is 2.81. The summed E-state index contributed by atoms with van der Waals surface area (Å²) < 4.78 is 0. The topological polar surface area (TPSA) is 40.6 Å². The molecule has 1 aliphatic heterocycles. The van der Waals surface area contributed by atoms with Crippen LogP contribution in [0.25, 0.3) is 0 Å². The fourth-order valence-corrected chi connectivity index (χ4v) is 2.09. The SMILES string of the molecule is CC(=O)CN(C)C(=O)[C@@H]1CCCN(C)C1. The number of carbonyl (C=O) groups excluding carboxylic acids is 2. The Hall–Kier alpha value is -0.900. The molecule has 0 saturated carbocycles. The summed E-state index contributed by atoms with van der Waals surface area (Å²) in [5.74, 6) is 0.222. The van der Waals surface area contributed by atoms with E-state index in [1.165, 1.54) is 6.92 Å². The lowest BCUT2D eigenvalue weighted by atomic mass is 9.97. The van der Waals surface area contributed by atoms with Crippen LogP contribution in [0.2, 0.25) is 0 Å². The zero-order valence-corrected chi connectivity index (χ0v) is 9.82. The highest BCUT2D eigenvalue weighted by Gasteiger charge is 2.26. The lowest BCUT2D eigenvalue weighted by Gasteiger charge is -2.31. The Balaban J connectivity index is 2.47. The van der Waals surface area contributed by atoms with Gasteiger partial charge in [0.05, 0.1) is 12.5 Å². The molecule has 0 unspecified atom stereocenters. The van der Waals surface area contributed by atoms with Gasteiger partial charge in [-0.3, -0.25) is 9.59 Å². The highest BCUT2D eigenvalue weighted by molar-refractivity contribution is 5.85. The summed E-state index contributed by atoms with van der Waals surface area (Å²) >= 11 is 0. The first-order chi connectivity index (χ1) is 7.00. The van der Waals surface area contributed by atoms with Crippen molar-refractivity contribution in [3.63, 3.8) is 0 Å². The fourth-order valence-electron chi connectivity index (χ4n) is 2.09. The minimum atomic E-state index is 0.0371. The number of carbonyl (C=O) groups is 2. The van der Waals surface area contributed by atoms with Crippen molar-refractivity contribution in [2.45, 2.75) is 19.8 Å². The minimum absolute atomic E-state index is 0.0371. The van der Waals surface area contributed by atoms with Gasteiger partial charge in [-0.2, -0.15) is 0 Å². The molecular formula is C11H20N2O2. The monoisotopic (exact) mass is 212 g/mol. The summed E-state index contributed by atoms with van der Waals surface area (Å²) in [6, 6.07) is 0. The van der Waals surface area contributed by atoms with Crippen LogP contribution in [0.5, 0.6) is 0 Å². The third-order valence-corrected chi connectivity index (χ3v) is 2.81. The van der Waals surface area contributed by atoms with Crippen molar-refractivity contribution in [3.05, 3.63) is 0 Å². The van der Waals surface area contributed by atoms with Crippen LogP contribution < -0.4 is 0 Å². The molecule has 0 aromatic heterocycles. The van der Waals surface area contributed by atoms with E-state index in [0.29, 0.717) is 0 Å². The molecule has 0 aromatic rings. The molecule has 0 aromatic carbocycles. The summed E-state index contributed by atoms with van der Waals surface area (Å²) in [5.41, 5.74) is 0. The molecule has 4 heteroatoms. The normalized spacial score (nSPS) is 22.5. The lowest BCUT2D eigenvalue weighted by Crippen LogP contribution is -2.43. The molecule has 15 heavy (non-hydrogen) atoms. The second-order valence-electron chi connectivity index (χ2n) is 4.50. The zero-order valence-electron chi connectivity index (χ0n) is 9.82. The molecular weight excluding hydrogens is 192 g/mol. The highest BCUT2D eigenvalue weighted by Crippen LogP contribution is 2.16. The number of amides is 1. The van der Waals surface area contributed by atoms with Gasteiger partial charge in [-0.1, -0.05) is 0 Å². The molecule has 1 atom stereocenters. The quantitative estimate of drug-likeness (QED) is 0.679. The van der Waals surface area contributed by atoms with E-state index in [0.717, 1.165) is 25.9 Å². The van der Waals surface area contributed by atoms with Crippen molar-refractivity contribution in [2.75, 3.05) is 33.7 Å². The van der Waals surface area contributed by atoms with Crippen LogP contribution in [0.4, 0.5) is 0 Å². The molecule has 1 amide bonds. The van der Waals surface area contributed by atoms with Crippen LogP contribution in [0.1, 0.15) is 19.8 Å². The Morgan fingerprint density at radius 3 is 2.67 bits per heavy atom. The Kier molecular flexibility index (Phi) is 4.27. The summed E-state index contributed by atoms with van der Waals surface area (Å²) in [7, 11) is 3.74. The minimum Gasteiger partial charge on any atom is -0.338 e. The van der Waals surface area contributed by atoms with Gasteiger partial charge >= 0.3 is 0 Å². The molecule has 1 rings (SSSR count). The maximum atomic E-state index is 11.9. The largest absolute Gasteiger partial charge is 0.338 e. The van der Waals surface area contributed by atoms with Crippen LogP contribution >= 0.6 is 0 Å². The molecule has 0 radical (unpaired) electrons. The molecule has 0 spiro atoms. The number of hydrogen-bond acceptors (Lipinski definition) is 3. The van der Waals surface area contributed by atoms with Crippen LogP contribution in [0.15, 0.2) is 0 Å². The molecule has 1 heterocycles. The third kappa shape index (κ3) is 3.63. The summed E-state index contributed by atoms with van der Waals surface area (Å²) in [6.45, 7) is 3.64. The summed E-state index contributed by atoms with van der Waals surface area (Å²) in [5, 5.41) is 0. The van der Waals surface area contributed by atoms with E-state index in [2.05, 4.69) is 4.90 Å². The standard InChI is InChI=1S/C11H20N2O2/c1-9(14)7-13(3)11(15)10-5-4-6-12(2)8-10/h10H,4-8H2,1-3H3/t10-/m1/s1. The Labute approximate surface area is 91.2 Å². The maximum absolute atomic E-state index is 11.9. The van der Waals surface area contributed by atoms with Crippen molar-refractivity contribution in [1.82, 2.24) is 9.80 Å². The van der Waals surface area contributed by atoms with Gasteiger partial charge in [0, 0.05) is 13.6 Å². The van der Waals surface area contributed by atoms with Crippen LogP contribution in [-0.2, 0) is 9.59 Å². The van der Waals surface area contributed by atoms with Gasteiger partial charge in [-0.15, -0.1) is 0 Å². The second kappa shape index (κ2) is 5.26. The van der Waals surface area contributed by atoms with Crippen molar-refractivity contribution in [3.8, 4) is 0 Å². The molecule has 0 N–H and O–H groups in total. The van der Waals surface area contributed by atoms with Crippen molar-refractivity contribution in [2.24, 2.45) is 5.92 Å². The number of Topliss-reactive ketones (excluding diaryl/α,β-unsaturated/α-hetero) is 1. The van der Waals surface area contributed by atoms with E-state index in [4.69, 9.17) is 0 Å². The van der Waals surface area contributed by atoms with Gasteiger partial charge in [0.1, 0.15) is 5.78 Å². The first-order valence-electron chi connectivity index (χ1n) is 5.43. The van der Waals surface area contributed by atoms with Gasteiger partial charge in [-0.25, -0.2) is 0 Å². The lowest BCUT2D eigenvalue weighted by molar-refractivity contribution is -0.138. The van der Waals surface area contributed by atoms with Gasteiger partial charge in [0.2, 0.25) is 5.91 Å².